The second-order valence-electron chi connectivity index (χ2n) is 11.2. The van der Waals surface area contributed by atoms with Gasteiger partial charge in [0.05, 0.1) is 17.7 Å². The molecule has 0 amide bonds. The number of nitrogens with one attached hydrogen (secondary N) is 1. The van der Waals surface area contributed by atoms with Gasteiger partial charge in [-0.1, -0.05) is 40.9 Å². The third-order valence-electron chi connectivity index (χ3n) is 8.58. The molecule has 3 fully saturated rings. The normalized spacial score (nSPS) is 29.1. The number of halogens is 3. The first-order chi connectivity index (χ1) is 17.6. The average Bonchev–Trinajstić information content (AvgIpc) is 3.33. The molecule has 1 aromatic heterocycles. The second-order valence-corrected chi connectivity index (χ2v) is 12.5. The van der Waals surface area contributed by atoms with E-state index >= 15 is 0 Å². The van der Waals surface area contributed by atoms with Gasteiger partial charge in [-0.25, -0.2) is 4.98 Å². The lowest BCUT2D eigenvalue weighted by Crippen LogP contribution is -2.55. The van der Waals surface area contributed by atoms with Gasteiger partial charge in [0, 0.05) is 35.7 Å². The minimum Gasteiger partial charge on any atom is -0.481 e. The lowest BCUT2D eigenvalue weighted by atomic mass is 9.65. The van der Waals surface area contributed by atoms with Crippen LogP contribution in [0.25, 0.3) is 0 Å². The Bertz CT molecular complexity index is 1160. The van der Waals surface area contributed by atoms with E-state index in [1.807, 2.05) is 26.0 Å². The monoisotopic (exact) mass is 565 g/mol. The maximum Gasteiger partial charge on any atom is 0.309 e. The fraction of sp³-hybridized carbons (Fsp3) is 0.593. The van der Waals surface area contributed by atoms with Crippen molar-refractivity contribution in [3.63, 3.8) is 0 Å². The molecule has 3 heterocycles. The summed E-state index contributed by atoms with van der Waals surface area (Å²) in [5.41, 5.74) is 0.371. The van der Waals surface area contributed by atoms with Crippen LogP contribution in [0.4, 0.5) is 11.8 Å². The van der Waals surface area contributed by atoms with Gasteiger partial charge in [-0.3, -0.25) is 4.79 Å². The predicted octanol–water partition coefficient (Wildman–Crippen LogP) is 6.40. The van der Waals surface area contributed by atoms with Crippen LogP contribution >= 0.6 is 34.8 Å². The highest BCUT2D eigenvalue weighted by atomic mass is 35.5. The van der Waals surface area contributed by atoms with Gasteiger partial charge in [-0.15, -0.1) is 0 Å². The van der Waals surface area contributed by atoms with Crippen LogP contribution in [0.2, 0.25) is 15.1 Å². The van der Waals surface area contributed by atoms with Gasteiger partial charge >= 0.3 is 5.97 Å². The number of carboxylic acid groups (broad SMARTS) is 1. The van der Waals surface area contributed by atoms with E-state index in [0.717, 1.165) is 51.0 Å². The van der Waals surface area contributed by atoms with Crippen LogP contribution in [0.15, 0.2) is 24.4 Å². The molecule has 5 rings (SSSR count). The minimum atomic E-state index is -0.661. The van der Waals surface area contributed by atoms with E-state index in [1.165, 1.54) is 12.8 Å². The van der Waals surface area contributed by atoms with Crippen LogP contribution in [-0.4, -0.2) is 58.2 Å². The molecule has 3 unspecified atom stereocenters. The van der Waals surface area contributed by atoms with Gasteiger partial charge in [0.2, 0.25) is 5.95 Å². The number of hydrogen-bond donors (Lipinski definition) is 2. The van der Waals surface area contributed by atoms with Gasteiger partial charge in [0.1, 0.15) is 5.02 Å². The first kappa shape index (κ1) is 26.8. The summed E-state index contributed by atoms with van der Waals surface area (Å²) >= 11 is 18.9. The molecule has 10 heteroatoms. The molecule has 2 N–H and O–H groups in total. The van der Waals surface area contributed by atoms with Gasteiger partial charge in [-0.2, -0.15) is 4.98 Å². The largest absolute Gasteiger partial charge is 0.481 e. The molecule has 2 aromatic rings. The zero-order valence-electron chi connectivity index (χ0n) is 21.3. The average molecular weight is 567 g/mol. The SMILES string of the molecule is CC(Nc1nc(N2CCC(C3CCCN(C4CC(C)(C(=O)O)C4)C3)C2)ncc1Cl)c1ccc(Cl)cc1Cl. The molecule has 2 aliphatic heterocycles. The van der Waals surface area contributed by atoms with E-state index in [2.05, 4.69) is 20.1 Å². The van der Waals surface area contributed by atoms with Crippen LogP contribution < -0.4 is 10.2 Å². The van der Waals surface area contributed by atoms with E-state index in [-0.39, 0.29) is 6.04 Å². The van der Waals surface area contributed by atoms with Crippen molar-refractivity contribution in [2.45, 2.75) is 58.0 Å². The number of nitrogens with zero attached hydrogens (tertiary/aromatic N) is 4. The lowest BCUT2D eigenvalue weighted by molar-refractivity contribution is -0.158. The fourth-order valence-corrected chi connectivity index (χ4v) is 6.99. The number of anilines is 2. The Morgan fingerprint density at radius 1 is 1.14 bits per heavy atom. The van der Waals surface area contributed by atoms with Crippen LogP contribution in [0.5, 0.6) is 0 Å². The zero-order chi connectivity index (χ0) is 26.3. The maximum atomic E-state index is 11.5. The molecular weight excluding hydrogens is 533 g/mol. The molecule has 200 valence electrons. The number of carboxylic acids is 1. The third kappa shape index (κ3) is 5.65. The number of hydrogen-bond acceptors (Lipinski definition) is 6. The summed E-state index contributed by atoms with van der Waals surface area (Å²) in [4.78, 5) is 25.6. The van der Waals surface area contributed by atoms with E-state index in [4.69, 9.17) is 39.8 Å². The Kier molecular flexibility index (Phi) is 7.79. The molecular formula is C27H34Cl3N5O2. The number of benzene rings is 1. The van der Waals surface area contributed by atoms with Gasteiger partial charge < -0.3 is 20.2 Å². The van der Waals surface area contributed by atoms with E-state index in [1.54, 1.807) is 12.3 Å². The molecule has 7 nitrogen and oxygen atoms in total. The summed E-state index contributed by atoms with van der Waals surface area (Å²) in [6.07, 6.45) is 6.71. The highest BCUT2D eigenvalue weighted by molar-refractivity contribution is 6.35. The molecule has 0 bridgehead atoms. The highest BCUT2D eigenvalue weighted by Gasteiger charge is 2.49. The molecule has 2 saturated heterocycles. The smallest absolute Gasteiger partial charge is 0.309 e. The molecule has 3 atom stereocenters. The van der Waals surface area contributed by atoms with Crippen molar-refractivity contribution in [3.8, 4) is 0 Å². The quantitative estimate of drug-likeness (QED) is 0.401. The Morgan fingerprint density at radius 2 is 1.89 bits per heavy atom. The lowest BCUT2D eigenvalue weighted by Gasteiger charge is -2.50. The van der Waals surface area contributed by atoms with E-state index in [0.29, 0.717) is 44.7 Å². The summed E-state index contributed by atoms with van der Waals surface area (Å²) in [6, 6.07) is 5.75. The van der Waals surface area contributed by atoms with Crippen molar-refractivity contribution in [1.82, 2.24) is 14.9 Å². The van der Waals surface area contributed by atoms with Crippen LogP contribution in [0.3, 0.4) is 0 Å². The fourth-order valence-electron chi connectivity index (χ4n) is 6.27. The molecule has 0 spiro atoms. The second kappa shape index (κ2) is 10.8. The Hall–Kier alpha value is -1.80. The number of likely N-dealkylation sites (tertiary alicyclic amines) is 1. The van der Waals surface area contributed by atoms with Crippen LogP contribution in [-0.2, 0) is 4.79 Å². The molecule has 3 aliphatic rings. The van der Waals surface area contributed by atoms with Crippen LogP contribution in [0.1, 0.15) is 57.6 Å². The summed E-state index contributed by atoms with van der Waals surface area (Å²) < 4.78 is 0. The first-order valence-corrected chi connectivity index (χ1v) is 14.2. The Morgan fingerprint density at radius 3 is 2.62 bits per heavy atom. The number of aliphatic carboxylic acids is 1. The predicted molar refractivity (Wildman–Crippen MR) is 149 cm³/mol. The molecule has 0 radical (unpaired) electrons. The standard InChI is InChI=1S/C27H34Cl3N5O2/c1-16(21-6-5-19(28)10-22(21)29)32-24-23(30)13-31-26(33-24)35-9-7-18(15-35)17-4-3-8-34(14-17)20-11-27(2,12-20)25(36)37/h5-6,10,13,16-18,20H,3-4,7-9,11-12,14-15H2,1-2H3,(H,36,37)(H,31,32,33). The highest BCUT2D eigenvalue weighted by Crippen LogP contribution is 2.45. The molecule has 1 aliphatic carbocycles. The third-order valence-corrected chi connectivity index (χ3v) is 9.42. The summed E-state index contributed by atoms with van der Waals surface area (Å²) in [7, 11) is 0. The summed E-state index contributed by atoms with van der Waals surface area (Å²) in [6.45, 7) is 7.87. The number of aromatic nitrogens is 2. The first-order valence-electron chi connectivity index (χ1n) is 13.1. The molecule has 37 heavy (non-hydrogen) atoms. The van der Waals surface area contributed by atoms with Crippen molar-refractivity contribution < 1.29 is 9.90 Å². The van der Waals surface area contributed by atoms with Crippen molar-refractivity contribution in [2.24, 2.45) is 17.3 Å². The molecule has 1 saturated carbocycles. The summed E-state index contributed by atoms with van der Waals surface area (Å²) in [5, 5.41) is 14.5. The van der Waals surface area contributed by atoms with E-state index < -0.39 is 11.4 Å². The number of piperidine rings is 1. The Balaban J connectivity index is 1.21. The van der Waals surface area contributed by atoms with E-state index in [9.17, 15) is 9.90 Å². The van der Waals surface area contributed by atoms with Gasteiger partial charge in [0.25, 0.3) is 0 Å². The Labute approximate surface area is 233 Å². The number of carbonyl (C=O) groups is 1. The van der Waals surface area contributed by atoms with Gasteiger partial charge in [0.15, 0.2) is 5.82 Å². The van der Waals surface area contributed by atoms with Crippen molar-refractivity contribution >= 4 is 52.5 Å². The van der Waals surface area contributed by atoms with Crippen molar-refractivity contribution in [1.29, 1.82) is 0 Å². The maximum absolute atomic E-state index is 11.5. The minimum absolute atomic E-state index is 0.112. The zero-order valence-corrected chi connectivity index (χ0v) is 23.5. The van der Waals surface area contributed by atoms with Crippen molar-refractivity contribution in [2.75, 3.05) is 36.4 Å². The number of rotatable bonds is 7. The van der Waals surface area contributed by atoms with Gasteiger partial charge in [-0.05, 0) is 82.0 Å². The topological polar surface area (TPSA) is 81.6 Å². The van der Waals surface area contributed by atoms with Crippen LogP contribution in [0, 0.1) is 17.3 Å². The molecule has 1 aromatic carbocycles. The summed E-state index contributed by atoms with van der Waals surface area (Å²) in [5.74, 6) is 1.81. The van der Waals surface area contributed by atoms with Crippen molar-refractivity contribution in [3.05, 3.63) is 45.0 Å².